The summed E-state index contributed by atoms with van der Waals surface area (Å²) in [5.74, 6) is 0. The molecule has 0 radical (unpaired) electrons. The van der Waals surface area contributed by atoms with Crippen molar-refractivity contribution in [2.24, 2.45) is 0 Å². The van der Waals surface area contributed by atoms with Gasteiger partial charge in [-0.25, -0.2) is 4.79 Å². The predicted molar refractivity (Wildman–Crippen MR) is 74.7 cm³/mol. The van der Waals surface area contributed by atoms with E-state index in [0.717, 1.165) is 24.3 Å². The maximum Gasteiger partial charge on any atom is 0.317 e. The van der Waals surface area contributed by atoms with Crippen molar-refractivity contribution in [3.05, 3.63) is 29.8 Å². The van der Waals surface area contributed by atoms with Crippen LogP contribution in [0.15, 0.2) is 24.3 Å². The number of amides is 2. The van der Waals surface area contributed by atoms with E-state index < -0.39 is 0 Å². The standard InChI is InChI=1S/C14H21N3O2/c1-2-17(9-11-4-3-5-12(15)8-11)14(18)16-13-6-7-19-10-13/h3-5,8,13H,2,6-7,9-10,15H2,1H3,(H,16,18). The van der Waals surface area contributed by atoms with E-state index in [1.54, 1.807) is 4.90 Å². The summed E-state index contributed by atoms with van der Waals surface area (Å²) in [4.78, 5) is 13.9. The number of rotatable bonds is 4. The lowest BCUT2D eigenvalue weighted by Gasteiger charge is -2.23. The van der Waals surface area contributed by atoms with E-state index in [4.69, 9.17) is 10.5 Å². The number of nitrogens with one attached hydrogen (secondary N) is 1. The van der Waals surface area contributed by atoms with E-state index in [0.29, 0.717) is 19.7 Å². The van der Waals surface area contributed by atoms with Gasteiger partial charge in [0.25, 0.3) is 0 Å². The second kappa shape index (κ2) is 6.43. The molecule has 2 rings (SSSR count). The molecule has 5 nitrogen and oxygen atoms in total. The normalized spacial score (nSPS) is 18.3. The average molecular weight is 263 g/mol. The lowest BCUT2D eigenvalue weighted by Crippen LogP contribution is -2.44. The summed E-state index contributed by atoms with van der Waals surface area (Å²) < 4.78 is 5.26. The third-order valence-corrected chi connectivity index (χ3v) is 3.25. The van der Waals surface area contributed by atoms with Gasteiger partial charge in [0, 0.05) is 25.4 Å². The van der Waals surface area contributed by atoms with Gasteiger partial charge in [0.2, 0.25) is 0 Å². The van der Waals surface area contributed by atoms with Gasteiger partial charge in [-0.15, -0.1) is 0 Å². The van der Waals surface area contributed by atoms with Crippen molar-refractivity contribution in [2.45, 2.75) is 25.9 Å². The highest BCUT2D eigenvalue weighted by Crippen LogP contribution is 2.10. The van der Waals surface area contributed by atoms with Gasteiger partial charge >= 0.3 is 6.03 Å². The number of urea groups is 1. The molecule has 1 heterocycles. The summed E-state index contributed by atoms with van der Waals surface area (Å²) in [6, 6.07) is 7.72. The molecular weight excluding hydrogens is 242 g/mol. The molecule has 2 amide bonds. The Labute approximate surface area is 113 Å². The Kier molecular flexibility index (Phi) is 4.63. The molecule has 1 fully saturated rings. The molecule has 0 aliphatic carbocycles. The highest BCUT2D eigenvalue weighted by atomic mass is 16.5. The van der Waals surface area contributed by atoms with E-state index in [1.165, 1.54) is 0 Å². The number of nitrogens with zero attached hydrogens (tertiary/aromatic N) is 1. The molecule has 1 saturated heterocycles. The van der Waals surface area contributed by atoms with E-state index in [2.05, 4.69) is 5.32 Å². The third-order valence-electron chi connectivity index (χ3n) is 3.25. The zero-order chi connectivity index (χ0) is 13.7. The van der Waals surface area contributed by atoms with Crippen molar-refractivity contribution in [1.29, 1.82) is 0 Å². The van der Waals surface area contributed by atoms with E-state index in [-0.39, 0.29) is 12.1 Å². The second-order valence-electron chi connectivity index (χ2n) is 4.77. The maximum absolute atomic E-state index is 12.1. The van der Waals surface area contributed by atoms with Crippen LogP contribution in [-0.2, 0) is 11.3 Å². The number of nitrogens with two attached hydrogens (primary N) is 1. The minimum atomic E-state index is -0.0413. The zero-order valence-electron chi connectivity index (χ0n) is 11.3. The van der Waals surface area contributed by atoms with Gasteiger partial charge in [-0.1, -0.05) is 12.1 Å². The maximum atomic E-state index is 12.1. The first-order valence-electron chi connectivity index (χ1n) is 6.66. The minimum Gasteiger partial charge on any atom is -0.399 e. The summed E-state index contributed by atoms with van der Waals surface area (Å²) in [6.45, 7) is 4.54. The van der Waals surface area contributed by atoms with E-state index in [9.17, 15) is 4.79 Å². The zero-order valence-corrected chi connectivity index (χ0v) is 11.3. The molecule has 0 aromatic heterocycles. The summed E-state index contributed by atoms with van der Waals surface area (Å²) in [7, 11) is 0. The summed E-state index contributed by atoms with van der Waals surface area (Å²) >= 11 is 0. The Morgan fingerprint density at radius 2 is 2.42 bits per heavy atom. The van der Waals surface area contributed by atoms with Gasteiger partial charge in [0.15, 0.2) is 0 Å². The van der Waals surface area contributed by atoms with Crippen molar-refractivity contribution in [3.8, 4) is 0 Å². The SMILES string of the molecule is CCN(Cc1cccc(N)c1)C(=O)NC1CCOC1. The molecule has 3 N–H and O–H groups in total. The molecule has 19 heavy (non-hydrogen) atoms. The number of hydrogen-bond donors (Lipinski definition) is 2. The fraction of sp³-hybridized carbons (Fsp3) is 0.500. The average Bonchev–Trinajstić information content (AvgIpc) is 2.88. The summed E-state index contributed by atoms with van der Waals surface area (Å²) in [5, 5.41) is 3.00. The number of anilines is 1. The van der Waals surface area contributed by atoms with Gasteiger partial charge in [-0.2, -0.15) is 0 Å². The molecule has 1 aromatic rings. The first kappa shape index (κ1) is 13.7. The fourth-order valence-electron chi connectivity index (χ4n) is 2.15. The lowest BCUT2D eigenvalue weighted by atomic mass is 10.2. The van der Waals surface area contributed by atoms with Crippen molar-refractivity contribution in [2.75, 3.05) is 25.5 Å². The van der Waals surface area contributed by atoms with Crippen LogP contribution < -0.4 is 11.1 Å². The Balaban J connectivity index is 1.93. The Bertz CT molecular complexity index is 430. The number of ether oxygens (including phenoxy) is 1. The molecule has 104 valence electrons. The van der Waals surface area contributed by atoms with E-state index in [1.807, 2.05) is 31.2 Å². The number of hydrogen-bond acceptors (Lipinski definition) is 3. The highest BCUT2D eigenvalue weighted by Gasteiger charge is 2.20. The molecule has 1 aromatic carbocycles. The molecule has 5 heteroatoms. The van der Waals surface area contributed by atoms with Gasteiger partial charge < -0.3 is 20.7 Å². The van der Waals surface area contributed by atoms with Crippen LogP contribution in [-0.4, -0.2) is 36.7 Å². The largest absolute Gasteiger partial charge is 0.399 e. The summed E-state index contributed by atoms with van der Waals surface area (Å²) in [6.07, 6.45) is 0.890. The Morgan fingerprint density at radius 1 is 1.58 bits per heavy atom. The number of nitrogen functional groups attached to an aromatic ring is 1. The van der Waals surface area contributed by atoms with Crippen LogP contribution in [0.4, 0.5) is 10.5 Å². The predicted octanol–water partition coefficient (Wildman–Crippen LogP) is 1.59. The second-order valence-corrected chi connectivity index (χ2v) is 4.77. The first-order chi connectivity index (χ1) is 9.19. The minimum absolute atomic E-state index is 0.0413. The highest BCUT2D eigenvalue weighted by molar-refractivity contribution is 5.74. The molecule has 1 aliphatic rings. The van der Waals surface area contributed by atoms with Crippen molar-refractivity contribution >= 4 is 11.7 Å². The Hall–Kier alpha value is -1.75. The van der Waals surface area contributed by atoms with Gasteiger partial charge in [-0.05, 0) is 31.0 Å². The quantitative estimate of drug-likeness (QED) is 0.811. The number of carbonyl (C=O) groups excluding carboxylic acids is 1. The summed E-state index contributed by atoms with van der Waals surface area (Å²) in [5.41, 5.74) is 7.51. The first-order valence-corrected chi connectivity index (χ1v) is 6.66. The van der Waals surface area contributed by atoms with Gasteiger partial charge in [-0.3, -0.25) is 0 Å². The van der Waals surface area contributed by atoms with Crippen LogP contribution in [0, 0.1) is 0 Å². The van der Waals surface area contributed by atoms with Crippen molar-refractivity contribution < 1.29 is 9.53 Å². The molecule has 1 atom stereocenters. The van der Waals surface area contributed by atoms with Crippen LogP contribution >= 0.6 is 0 Å². The number of carbonyl (C=O) groups is 1. The van der Waals surface area contributed by atoms with Crippen LogP contribution in [0.25, 0.3) is 0 Å². The monoisotopic (exact) mass is 263 g/mol. The van der Waals surface area contributed by atoms with Crippen LogP contribution in [0.5, 0.6) is 0 Å². The van der Waals surface area contributed by atoms with E-state index >= 15 is 0 Å². The fourth-order valence-corrected chi connectivity index (χ4v) is 2.15. The Morgan fingerprint density at radius 3 is 3.05 bits per heavy atom. The topological polar surface area (TPSA) is 67.6 Å². The van der Waals surface area contributed by atoms with Crippen LogP contribution in [0.3, 0.4) is 0 Å². The molecule has 0 saturated carbocycles. The molecular formula is C14H21N3O2. The number of benzene rings is 1. The molecule has 0 spiro atoms. The van der Waals surface area contributed by atoms with Crippen LogP contribution in [0.1, 0.15) is 18.9 Å². The lowest BCUT2D eigenvalue weighted by molar-refractivity contribution is 0.178. The van der Waals surface area contributed by atoms with Crippen molar-refractivity contribution in [3.63, 3.8) is 0 Å². The molecule has 0 bridgehead atoms. The smallest absolute Gasteiger partial charge is 0.317 e. The van der Waals surface area contributed by atoms with Crippen molar-refractivity contribution in [1.82, 2.24) is 10.2 Å². The van der Waals surface area contributed by atoms with Gasteiger partial charge in [0.1, 0.15) is 0 Å². The third kappa shape index (κ3) is 3.86. The van der Waals surface area contributed by atoms with Gasteiger partial charge in [0.05, 0.1) is 12.6 Å². The van der Waals surface area contributed by atoms with Crippen LogP contribution in [0.2, 0.25) is 0 Å². The molecule has 1 unspecified atom stereocenters. The molecule has 1 aliphatic heterocycles.